The SMILES string of the molecule is CC(C)N(C(=O)c1ccc(Br)c(F)c1)C(C)C. The van der Waals surface area contributed by atoms with Gasteiger partial charge in [0.1, 0.15) is 5.82 Å². The van der Waals surface area contributed by atoms with Crippen molar-refractivity contribution in [1.82, 2.24) is 4.90 Å². The Balaban J connectivity index is 3.06. The van der Waals surface area contributed by atoms with E-state index in [0.717, 1.165) is 0 Å². The Hall–Kier alpha value is -0.900. The summed E-state index contributed by atoms with van der Waals surface area (Å²) in [4.78, 5) is 14.0. The molecule has 1 aromatic rings. The van der Waals surface area contributed by atoms with Crippen molar-refractivity contribution >= 4 is 21.8 Å². The fourth-order valence-corrected chi connectivity index (χ4v) is 2.09. The monoisotopic (exact) mass is 301 g/mol. The lowest BCUT2D eigenvalue weighted by Crippen LogP contribution is -2.42. The molecular weight excluding hydrogens is 285 g/mol. The Kier molecular flexibility index (Phi) is 4.69. The summed E-state index contributed by atoms with van der Waals surface area (Å²) < 4.78 is 13.8. The minimum atomic E-state index is -0.414. The lowest BCUT2D eigenvalue weighted by molar-refractivity contribution is 0.0643. The van der Waals surface area contributed by atoms with Crippen LogP contribution in [0.3, 0.4) is 0 Å². The van der Waals surface area contributed by atoms with Crippen molar-refractivity contribution in [1.29, 1.82) is 0 Å². The average molecular weight is 302 g/mol. The van der Waals surface area contributed by atoms with Gasteiger partial charge < -0.3 is 4.90 Å². The van der Waals surface area contributed by atoms with Crippen LogP contribution in [0.4, 0.5) is 4.39 Å². The molecule has 17 heavy (non-hydrogen) atoms. The van der Waals surface area contributed by atoms with E-state index in [9.17, 15) is 9.18 Å². The molecule has 0 aliphatic rings. The molecular formula is C13H17BrFNO. The second-order valence-electron chi connectivity index (χ2n) is 4.53. The molecule has 0 bridgehead atoms. The minimum Gasteiger partial charge on any atom is -0.334 e. The Morgan fingerprint density at radius 3 is 2.18 bits per heavy atom. The van der Waals surface area contributed by atoms with Gasteiger partial charge >= 0.3 is 0 Å². The third-order valence-electron chi connectivity index (χ3n) is 2.51. The third-order valence-corrected chi connectivity index (χ3v) is 3.16. The summed E-state index contributed by atoms with van der Waals surface area (Å²) in [6.07, 6.45) is 0. The highest BCUT2D eigenvalue weighted by atomic mass is 79.9. The second-order valence-corrected chi connectivity index (χ2v) is 5.38. The van der Waals surface area contributed by atoms with Gasteiger partial charge in [0.15, 0.2) is 0 Å². The quantitative estimate of drug-likeness (QED) is 0.830. The van der Waals surface area contributed by atoms with Crippen LogP contribution in [0.1, 0.15) is 38.1 Å². The van der Waals surface area contributed by atoms with Crippen LogP contribution in [0.2, 0.25) is 0 Å². The Bertz CT molecular complexity index is 410. The van der Waals surface area contributed by atoms with Crippen molar-refractivity contribution in [3.05, 3.63) is 34.1 Å². The van der Waals surface area contributed by atoms with Crippen LogP contribution in [-0.4, -0.2) is 22.9 Å². The lowest BCUT2D eigenvalue weighted by Gasteiger charge is -2.30. The first kappa shape index (κ1) is 14.2. The molecule has 94 valence electrons. The molecule has 4 heteroatoms. The molecule has 0 saturated carbocycles. The molecule has 0 radical (unpaired) electrons. The number of rotatable bonds is 3. The molecule has 0 aliphatic heterocycles. The molecule has 0 unspecified atom stereocenters. The highest BCUT2D eigenvalue weighted by Gasteiger charge is 2.22. The predicted octanol–water partition coefficient (Wildman–Crippen LogP) is 3.85. The summed E-state index contributed by atoms with van der Waals surface area (Å²) in [7, 11) is 0. The lowest BCUT2D eigenvalue weighted by atomic mass is 10.1. The van der Waals surface area contributed by atoms with Crippen molar-refractivity contribution in [3.8, 4) is 0 Å². The number of hydrogen-bond donors (Lipinski definition) is 0. The van der Waals surface area contributed by atoms with Gasteiger partial charge in [-0.25, -0.2) is 4.39 Å². The van der Waals surface area contributed by atoms with Crippen molar-refractivity contribution in [2.24, 2.45) is 0 Å². The van der Waals surface area contributed by atoms with Gasteiger partial charge in [0.25, 0.3) is 5.91 Å². The zero-order valence-electron chi connectivity index (χ0n) is 10.5. The first-order valence-electron chi connectivity index (χ1n) is 5.62. The molecule has 0 aromatic heterocycles. The molecule has 1 rings (SSSR count). The molecule has 0 heterocycles. The zero-order chi connectivity index (χ0) is 13.2. The number of carbonyl (C=O) groups is 1. The molecule has 0 aliphatic carbocycles. The van der Waals surface area contributed by atoms with Gasteiger partial charge in [-0.3, -0.25) is 4.79 Å². The van der Waals surface area contributed by atoms with Gasteiger partial charge in [-0.15, -0.1) is 0 Å². The summed E-state index contributed by atoms with van der Waals surface area (Å²) in [6, 6.07) is 4.64. The van der Waals surface area contributed by atoms with Crippen LogP contribution in [-0.2, 0) is 0 Å². The fraction of sp³-hybridized carbons (Fsp3) is 0.462. The first-order valence-corrected chi connectivity index (χ1v) is 6.41. The summed E-state index contributed by atoms with van der Waals surface area (Å²) in [6.45, 7) is 7.81. The van der Waals surface area contributed by atoms with Crippen molar-refractivity contribution < 1.29 is 9.18 Å². The number of nitrogens with zero attached hydrogens (tertiary/aromatic N) is 1. The van der Waals surface area contributed by atoms with Crippen molar-refractivity contribution in [3.63, 3.8) is 0 Å². The van der Waals surface area contributed by atoms with E-state index in [1.165, 1.54) is 6.07 Å². The maximum Gasteiger partial charge on any atom is 0.254 e. The van der Waals surface area contributed by atoms with Gasteiger partial charge in [0.2, 0.25) is 0 Å². The largest absolute Gasteiger partial charge is 0.334 e. The normalized spacial score (nSPS) is 11.1. The number of amides is 1. The molecule has 1 amide bonds. The first-order chi connectivity index (χ1) is 7.84. The molecule has 0 saturated heterocycles. The van der Waals surface area contributed by atoms with Crippen LogP contribution in [0.15, 0.2) is 22.7 Å². The molecule has 2 nitrogen and oxygen atoms in total. The van der Waals surface area contributed by atoms with Crippen LogP contribution in [0.5, 0.6) is 0 Å². The molecule has 0 fully saturated rings. The second kappa shape index (κ2) is 5.63. The predicted molar refractivity (Wildman–Crippen MR) is 70.5 cm³/mol. The van der Waals surface area contributed by atoms with Crippen LogP contribution >= 0.6 is 15.9 Å². The van der Waals surface area contributed by atoms with Crippen molar-refractivity contribution in [2.75, 3.05) is 0 Å². The van der Waals surface area contributed by atoms with E-state index < -0.39 is 5.82 Å². The van der Waals surface area contributed by atoms with E-state index in [1.807, 2.05) is 27.7 Å². The Morgan fingerprint density at radius 2 is 1.76 bits per heavy atom. The zero-order valence-corrected chi connectivity index (χ0v) is 12.1. The van der Waals surface area contributed by atoms with E-state index >= 15 is 0 Å². The summed E-state index contributed by atoms with van der Waals surface area (Å²) in [5.41, 5.74) is 0.383. The summed E-state index contributed by atoms with van der Waals surface area (Å²) in [5.74, 6) is -0.551. The topological polar surface area (TPSA) is 20.3 Å². The van der Waals surface area contributed by atoms with Crippen LogP contribution in [0.25, 0.3) is 0 Å². The van der Waals surface area contributed by atoms with E-state index in [-0.39, 0.29) is 18.0 Å². The maximum atomic E-state index is 13.4. The van der Waals surface area contributed by atoms with Gasteiger partial charge in [-0.05, 0) is 61.8 Å². The van der Waals surface area contributed by atoms with E-state index in [4.69, 9.17) is 0 Å². The minimum absolute atomic E-state index is 0.0919. The van der Waals surface area contributed by atoms with E-state index in [2.05, 4.69) is 15.9 Å². The summed E-state index contributed by atoms with van der Waals surface area (Å²) in [5, 5.41) is 0. The summed E-state index contributed by atoms with van der Waals surface area (Å²) >= 11 is 3.07. The smallest absolute Gasteiger partial charge is 0.254 e. The molecule has 1 aromatic carbocycles. The number of benzene rings is 1. The van der Waals surface area contributed by atoms with Gasteiger partial charge in [0.05, 0.1) is 4.47 Å². The highest BCUT2D eigenvalue weighted by Crippen LogP contribution is 2.19. The number of halogens is 2. The standard InChI is InChI=1S/C13H17BrFNO/c1-8(2)16(9(3)4)13(17)10-5-6-11(14)12(15)7-10/h5-9H,1-4H3. The van der Waals surface area contributed by atoms with E-state index in [0.29, 0.717) is 10.0 Å². The van der Waals surface area contributed by atoms with Crippen molar-refractivity contribution in [2.45, 2.75) is 39.8 Å². The van der Waals surface area contributed by atoms with Crippen LogP contribution in [0, 0.1) is 5.82 Å². The molecule has 0 atom stereocenters. The maximum absolute atomic E-state index is 13.4. The fourth-order valence-electron chi connectivity index (χ4n) is 1.84. The number of hydrogen-bond acceptors (Lipinski definition) is 1. The third kappa shape index (κ3) is 3.28. The molecule has 0 spiro atoms. The Morgan fingerprint density at radius 1 is 1.24 bits per heavy atom. The van der Waals surface area contributed by atoms with E-state index in [1.54, 1.807) is 17.0 Å². The van der Waals surface area contributed by atoms with Gasteiger partial charge in [-0.1, -0.05) is 0 Å². The van der Waals surface area contributed by atoms with Gasteiger partial charge in [0, 0.05) is 17.6 Å². The Labute approximate surface area is 110 Å². The highest BCUT2D eigenvalue weighted by molar-refractivity contribution is 9.10. The molecule has 0 N–H and O–H groups in total. The number of carbonyl (C=O) groups excluding carboxylic acids is 1. The average Bonchev–Trinajstić information content (AvgIpc) is 2.20. The van der Waals surface area contributed by atoms with Gasteiger partial charge in [-0.2, -0.15) is 0 Å². The van der Waals surface area contributed by atoms with Crippen LogP contribution < -0.4 is 0 Å².